The predicted octanol–water partition coefficient (Wildman–Crippen LogP) is 2.36. The van der Waals surface area contributed by atoms with Gasteiger partial charge in [-0.2, -0.15) is 0 Å². The van der Waals surface area contributed by atoms with E-state index in [1.807, 2.05) is 0 Å². The summed E-state index contributed by atoms with van der Waals surface area (Å²) in [5.74, 6) is -2.17. The van der Waals surface area contributed by atoms with Crippen LogP contribution in [0, 0.1) is 11.6 Å². The Kier molecular flexibility index (Phi) is 4.95. The summed E-state index contributed by atoms with van der Waals surface area (Å²) in [6.45, 7) is 1.53. The summed E-state index contributed by atoms with van der Waals surface area (Å²) < 4.78 is 48.1. The molecule has 0 bridgehead atoms. The van der Waals surface area contributed by atoms with Crippen molar-refractivity contribution < 1.29 is 22.0 Å². The van der Waals surface area contributed by atoms with Gasteiger partial charge < -0.3 is 0 Å². The molecule has 100 valence electrons. The van der Waals surface area contributed by atoms with E-state index in [0.29, 0.717) is 6.07 Å². The van der Waals surface area contributed by atoms with E-state index < -0.39 is 27.3 Å². The molecule has 1 aromatic rings. The van der Waals surface area contributed by atoms with Crippen molar-refractivity contribution in [2.75, 3.05) is 11.5 Å². The quantitative estimate of drug-likeness (QED) is 0.749. The van der Waals surface area contributed by atoms with Crippen LogP contribution >= 0.6 is 0 Å². The first-order valence-electron chi connectivity index (χ1n) is 5.54. The van der Waals surface area contributed by atoms with Gasteiger partial charge in [0.2, 0.25) is 0 Å². The van der Waals surface area contributed by atoms with Gasteiger partial charge in [0, 0.05) is 23.8 Å². The summed E-state index contributed by atoms with van der Waals surface area (Å²) in [6.07, 6.45) is 0.120. The van der Waals surface area contributed by atoms with Crippen LogP contribution in [0.15, 0.2) is 18.2 Å². The minimum absolute atomic E-state index is 0.0236. The molecule has 0 amide bonds. The minimum Gasteiger partial charge on any atom is -0.294 e. The molecule has 0 fully saturated rings. The lowest BCUT2D eigenvalue weighted by Gasteiger charge is -2.02. The van der Waals surface area contributed by atoms with E-state index in [2.05, 4.69) is 0 Å². The highest BCUT2D eigenvalue weighted by atomic mass is 32.2. The summed E-state index contributed by atoms with van der Waals surface area (Å²) in [5.41, 5.74) is -0.0682. The Balaban J connectivity index is 2.61. The second-order valence-corrected chi connectivity index (χ2v) is 6.39. The maximum atomic E-state index is 12.9. The zero-order valence-corrected chi connectivity index (χ0v) is 10.8. The summed E-state index contributed by atoms with van der Waals surface area (Å²) >= 11 is 0. The molecule has 18 heavy (non-hydrogen) atoms. The fourth-order valence-corrected chi connectivity index (χ4v) is 2.33. The molecule has 0 aliphatic heterocycles. The van der Waals surface area contributed by atoms with Crippen LogP contribution in [-0.2, 0) is 9.84 Å². The number of carbonyl (C=O) groups excluding carboxylic acids is 1. The molecule has 0 aliphatic carbocycles. The Labute approximate surface area is 105 Å². The van der Waals surface area contributed by atoms with Gasteiger partial charge in [-0.25, -0.2) is 17.2 Å². The van der Waals surface area contributed by atoms with E-state index >= 15 is 0 Å². The fourth-order valence-electron chi connectivity index (χ4n) is 1.46. The summed E-state index contributed by atoms with van der Waals surface area (Å²) in [7, 11) is -3.11. The van der Waals surface area contributed by atoms with Crippen LogP contribution in [0.25, 0.3) is 0 Å². The summed E-state index contributed by atoms with van der Waals surface area (Å²) in [5, 5.41) is 0. The van der Waals surface area contributed by atoms with E-state index in [1.165, 1.54) is 6.92 Å². The molecule has 6 heteroatoms. The molecule has 0 saturated heterocycles. The van der Waals surface area contributed by atoms with Crippen molar-refractivity contribution in [2.45, 2.75) is 19.8 Å². The second kappa shape index (κ2) is 6.04. The third-order valence-electron chi connectivity index (χ3n) is 2.48. The van der Waals surface area contributed by atoms with Crippen LogP contribution in [-0.4, -0.2) is 25.7 Å². The van der Waals surface area contributed by atoms with Gasteiger partial charge in [0.15, 0.2) is 5.78 Å². The third kappa shape index (κ3) is 4.52. The van der Waals surface area contributed by atoms with E-state index in [-0.39, 0.29) is 29.9 Å². The Hall–Kier alpha value is -1.30. The number of halogens is 2. The standard InChI is InChI=1S/C12H14F2O3S/c1-2-18(16,17)5-3-4-12(15)9-6-10(13)8-11(14)7-9/h6-8H,2-5H2,1H3. The number of hydrogen-bond donors (Lipinski definition) is 0. The fraction of sp³-hybridized carbons (Fsp3) is 0.417. The van der Waals surface area contributed by atoms with E-state index in [9.17, 15) is 22.0 Å². The summed E-state index contributed by atoms with van der Waals surface area (Å²) in [4.78, 5) is 11.6. The van der Waals surface area contributed by atoms with Crippen molar-refractivity contribution in [3.05, 3.63) is 35.4 Å². The maximum absolute atomic E-state index is 12.9. The Morgan fingerprint density at radius 1 is 1.17 bits per heavy atom. The zero-order valence-electron chi connectivity index (χ0n) is 9.95. The number of Topliss-reactive ketones (excluding diaryl/α,β-unsaturated/α-hetero) is 1. The average molecular weight is 276 g/mol. The van der Waals surface area contributed by atoms with Crippen molar-refractivity contribution in [1.82, 2.24) is 0 Å². The molecule has 0 aromatic heterocycles. The molecule has 3 nitrogen and oxygen atoms in total. The molecule has 0 atom stereocenters. The topological polar surface area (TPSA) is 51.2 Å². The number of sulfone groups is 1. The number of hydrogen-bond acceptors (Lipinski definition) is 3. The Bertz CT molecular complexity index is 518. The van der Waals surface area contributed by atoms with Crippen LogP contribution in [0.5, 0.6) is 0 Å². The van der Waals surface area contributed by atoms with Gasteiger partial charge in [-0.3, -0.25) is 4.79 Å². The summed E-state index contributed by atoms with van der Waals surface area (Å²) in [6, 6.07) is 2.57. The van der Waals surface area contributed by atoms with Gasteiger partial charge in [0.1, 0.15) is 21.5 Å². The third-order valence-corrected chi connectivity index (χ3v) is 4.27. The predicted molar refractivity (Wildman–Crippen MR) is 64.3 cm³/mol. The normalized spacial score (nSPS) is 11.5. The number of benzene rings is 1. The van der Waals surface area contributed by atoms with Gasteiger partial charge >= 0.3 is 0 Å². The first kappa shape index (κ1) is 14.8. The molecule has 0 N–H and O–H groups in total. The van der Waals surface area contributed by atoms with E-state index in [4.69, 9.17) is 0 Å². The number of ketones is 1. The highest BCUT2D eigenvalue weighted by Crippen LogP contribution is 2.11. The molecule has 0 heterocycles. The van der Waals surface area contributed by atoms with Gasteiger partial charge in [0.05, 0.1) is 5.75 Å². The molecular weight excluding hydrogens is 262 g/mol. The molecule has 0 radical (unpaired) electrons. The van der Waals surface area contributed by atoms with Crippen LogP contribution in [0.4, 0.5) is 8.78 Å². The molecule has 0 spiro atoms. The monoisotopic (exact) mass is 276 g/mol. The van der Waals surface area contributed by atoms with Crippen LogP contribution < -0.4 is 0 Å². The Morgan fingerprint density at radius 3 is 2.22 bits per heavy atom. The lowest BCUT2D eigenvalue weighted by molar-refractivity contribution is 0.0981. The van der Waals surface area contributed by atoms with E-state index in [1.54, 1.807) is 0 Å². The number of rotatable bonds is 6. The van der Waals surface area contributed by atoms with Crippen molar-refractivity contribution >= 4 is 15.6 Å². The van der Waals surface area contributed by atoms with Crippen molar-refractivity contribution in [3.8, 4) is 0 Å². The van der Waals surface area contributed by atoms with Crippen LogP contribution in [0.1, 0.15) is 30.1 Å². The van der Waals surface area contributed by atoms with Gasteiger partial charge in [-0.1, -0.05) is 6.92 Å². The smallest absolute Gasteiger partial charge is 0.163 e. The van der Waals surface area contributed by atoms with Gasteiger partial charge in [-0.15, -0.1) is 0 Å². The van der Waals surface area contributed by atoms with Gasteiger partial charge in [0.25, 0.3) is 0 Å². The minimum atomic E-state index is -3.11. The number of carbonyl (C=O) groups is 1. The van der Waals surface area contributed by atoms with Crippen molar-refractivity contribution in [2.24, 2.45) is 0 Å². The van der Waals surface area contributed by atoms with Crippen LogP contribution in [0.3, 0.4) is 0 Å². The zero-order chi connectivity index (χ0) is 13.8. The SMILES string of the molecule is CCS(=O)(=O)CCCC(=O)c1cc(F)cc(F)c1. The largest absolute Gasteiger partial charge is 0.294 e. The average Bonchev–Trinajstić information content (AvgIpc) is 2.27. The lowest BCUT2D eigenvalue weighted by Crippen LogP contribution is -2.10. The molecule has 0 aliphatic rings. The van der Waals surface area contributed by atoms with Crippen molar-refractivity contribution in [1.29, 1.82) is 0 Å². The highest BCUT2D eigenvalue weighted by molar-refractivity contribution is 7.91. The maximum Gasteiger partial charge on any atom is 0.163 e. The highest BCUT2D eigenvalue weighted by Gasteiger charge is 2.12. The Morgan fingerprint density at radius 2 is 1.72 bits per heavy atom. The molecular formula is C12H14F2O3S. The molecule has 0 saturated carbocycles. The first-order chi connectivity index (χ1) is 8.34. The second-order valence-electron chi connectivity index (χ2n) is 3.92. The molecule has 1 aromatic carbocycles. The molecule has 1 rings (SSSR count). The molecule has 0 unspecified atom stereocenters. The lowest BCUT2D eigenvalue weighted by atomic mass is 10.1. The van der Waals surface area contributed by atoms with Gasteiger partial charge in [-0.05, 0) is 18.6 Å². The van der Waals surface area contributed by atoms with Crippen molar-refractivity contribution in [3.63, 3.8) is 0 Å². The van der Waals surface area contributed by atoms with E-state index in [0.717, 1.165) is 12.1 Å². The van der Waals surface area contributed by atoms with Crippen LogP contribution in [0.2, 0.25) is 0 Å². The first-order valence-corrected chi connectivity index (χ1v) is 7.36.